The van der Waals surface area contributed by atoms with E-state index in [1.807, 2.05) is 0 Å². The molecule has 0 saturated carbocycles. The Morgan fingerprint density at radius 3 is 3.36 bits per heavy atom. The van der Waals surface area contributed by atoms with Gasteiger partial charge < -0.3 is 5.32 Å². The highest BCUT2D eigenvalue weighted by Crippen LogP contribution is 2.32. The van der Waals surface area contributed by atoms with Crippen molar-refractivity contribution in [3.8, 4) is 0 Å². The number of rotatable bonds is 0. The lowest BCUT2D eigenvalue weighted by atomic mass is 9.83. The van der Waals surface area contributed by atoms with Crippen molar-refractivity contribution in [3.63, 3.8) is 0 Å². The van der Waals surface area contributed by atoms with Gasteiger partial charge in [0.2, 0.25) is 0 Å². The molecular formula is C9H14BrN. The number of hydrogen-bond donors (Lipinski definition) is 1. The molecule has 0 aromatic heterocycles. The Morgan fingerprint density at radius 1 is 1.55 bits per heavy atom. The molecule has 1 nitrogen and oxygen atoms in total. The van der Waals surface area contributed by atoms with Gasteiger partial charge in [0.15, 0.2) is 0 Å². The Kier molecular flexibility index (Phi) is 2.33. The molecule has 0 radical (unpaired) electrons. The molecule has 2 heteroatoms. The largest absolute Gasteiger partial charge is 0.313 e. The zero-order valence-corrected chi connectivity index (χ0v) is 8.23. The lowest BCUT2D eigenvalue weighted by Gasteiger charge is -2.31. The number of fused-ring (bicyclic) bond motifs is 1. The third kappa shape index (κ3) is 1.67. The third-order valence-corrected chi connectivity index (χ3v) is 3.45. The quantitative estimate of drug-likeness (QED) is 0.483. The summed E-state index contributed by atoms with van der Waals surface area (Å²) >= 11 is 3.69. The summed E-state index contributed by atoms with van der Waals surface area (Å²) in [6.07, 6.45) is 6.34. The molecule has 0 aromatic carbocycles. The molecule has 1 aliphatic carbocycles. The fourth-order valence-electron chi connectivity index (χ4n) is 2.03. The van der Waals surface area contributed by atoms with Crippen LogP contribution in [0.4, 0.5) is 0 Å². The van der Waals surface area contributed by atoms with Gasteiger partial charge in [-0.05, 0) is 31.7 Å². The van der Waals surface area contributed by atoms with Crippen molar-refractivity contribution in [1.29, 1.82) is 0 Å². The van der Waals surface area contributed by atoms with Crippen LogP contribution < -0.4 is 5.32 Å². The topological polar surface area (TPSA) is 12.0 Å². The van der Waals surface area contributed by atoms with Crippen molar-refractivity contribution in [2.75, 3.05) is 13.1 Å². The molecule has 0 amide bonds. The lowest BCUT2D eigenvalue weighted by Crippen LogP contribution is -2.33. The molecule has 0 bridgehead atoms. The van der Waals surface area contributed by atoms with Crippen molar-refractivity contribution >= 4 is 15.9 Å². The summed E-state index contributed by atoms with van der Waals surface area (Å²) in [4.78, 5) is 0.745. The first-order valence-corrected chi connectivity index (χ1v) is 5.31. The van der Waals surface area contributed by atoms with Crippen LogP contribution in [0.2, 0.25) is 0 Å². The second kappa shape index (κ2) is 3.28. The minimum absolute atomic E-state index is 0.745. The van der Waals surface area contributed by atoms with E-state index >= 15 is 0 Å². The molecule has 2 unspecified atom stereocenters. The molecule has 62 valence electrons. The molecule has 11 heavy (non-hydrogen) atoms. The molecule has 0 spiro atoms. The average Bonchev–Trinajstić information content (AvgIpc) is 2.04. The number of nitrogens with one attached hydrogen (secondary N) is 1. The molecule has 1 aliphatic heterocycles. The van der Waals surface area contributed by atoms with Crippen LogP contribution in [0.5, 0.6) is 0 Å². The van der Waals surface area contributed by atoms with Crippen LogP contribution in [-0.2, 0) is 0 Å². The van der Waals surface area contributed by atoms with E-state index in [4.69, 9.17) is 0 Å². The van der Waals surface area contributed by atoms with Gasteiger partial charge in [-0.15, -0.1) is 0 Å². The zero-order valence-electron chi connectivity index (χ0n) is 6.65. The maximum atomic E-state index is 3.69. The zero-order chi connectivity index (χ0) is 7.68. The van der Waals surface area contributed by atoms with Crippen LogP contribution in [0.3, 0.4) is 0 Å². The van der Waals surface area contributed by atoms with Crippen LogP contribution in [0, 0.1) is 5.92 Å². The number of halogens is 1. The Labute approximate surface area is 76.4 Å². The smallest absolute Gasteiger partial charge is 0.0186 e. The summed E-state index contributed by atoms with van der Waals surface area (Å²) in [6.45, 7) is 2.35. The monoisotopic (exact) mass is 215 g/mol. The van der Waals surface area contributed by atoms with Crippen LogP contribution in [0.25, 0.3) is 0 Å². The number of piperidine rings is 1. The summed E-state index contributed by atoms with van der Waals surface area (Å²) in [6, 6.07) is 0. The van der Waals surface area contributed by atoms with Gasteiger partial charge in [0.25, 0.3) is 0 Å². The minimum Gasteiger partial charge on any atom is -0.313 e. The highest BCUT2D eigenvalue weighted by Gasteiger charge is 2.24. The van der Waals surface area contributed by atoms with E-state index in [2.05, 4.69) is 27.3 Å². The van der Waals surface area contributed by atoms with Gasteiger partial charge in [0.05, 0.1) is 0 Å². The molecular weight excluding hydrogens is 202 g/mol. The first-order chi connectivity index (χ1) is 5.36. The summed E-state index contributed by atoms with van der Waals surface area (Å²) in [5.74, 6) is 0.884. The fraction of sp³-hybridized carbons (Fsp3) is 0.778. The van der Waals surface area contributed by atoms with E-state index in [9.17, 15) is 0 Å². The highest BCUT2D eigenvalue weighted by atomic mass is 79.9. The summed E-state index contributed by atoms with van der Waals surface area (Å²) < 4.78 is 0. The van der Waals surface area contributed by atoms with Crippen LogP contribution in [0.1, 0.15) is 19.3 Å². The molecule has 2 aliphatic rings. The molecule has 1 fully saturated rings. The van der Waals surface area contributed by atoms with Gasteiger partial charge in [0, 0.05) is 11.4 Å². The van der Waals surface area contributed by atoms with E-state index in [0.717, 1.165) is 17.3 Å². The molecule has 1 N–H and O–H groups in total. The standard InChI is InChI=1S/C9H14BrN/c10-9-2-1-8-6-11-4-3-7(8)5-9/h1,7,9,11H,2-6H2. The van der Waals surface area contributed by atoms with Gasteiger partial charge in [-0.25, -0.2) is 0 Å². The van der Waals surface area contributed by atoms with Crippen LogP contribution >= 0.6 is 15.9 Å². The van der Waals surface area contributed by atoms with Gasteiger partial charge in [0.1, 0.15) is 0 Å². The minimum atomic E-state index is 0.745. The summed E-state index contributed by atoms with van der Waals surface area (Å²) in [5, 5.41) is 3.42. The Bertz CT molecular complexity index is 176. The van der Waals surface area contributed by atoms with Gasteiger partial charge in [-0.3, -0.25) is 0 Å². The average molecular weight is 216 g/mol. The highest BCUT2D eigenvalue weighted by molar-refractivity contribution is 9.09. The van der Waals surface area contributed by atoms with E-state index < -0.39 is 0 Å². The molecule has 2 rings (SSSR count). The van der Waals surface area contributed by atoms with E-state index in [1.165, 1.54) is 25.8 Å². The Balaban J connectivity index is 2.08. The first-order valence-electron chi connectivity index (χ1n) is 4.40. The Morgan fingerprint density at radius 2 is 2.45 bits per heavy atom. The predicted octanol–water partition coefficient (Wildman–Crippen LogP) is 2.08. The second-order valence-corrected chi connectivity index (χ2v) is 4.81. The molecule has 1 heterocycles. The van der Waals surface area contributed by atoms with Crippen molar-refractivity contribution in [3.05, 3.63) is 11.6 Å². The van der Waals surface area contributed by atoms with Crippen LogP contribution in [-0.4, -0.2) is 17.9 Å². The Hall–Kier alpha value is 0.180. The third-order valence-electron chi connectivity index (χ3n) is 2.70. The maximum absolute atomic E-state index is 3.69. The van der Waals surface area contributed by atoms with Crippen molar-refractivity contribution in [1.82, 2.24) is 5.32 Å². The van der Waals surface area contributed by atoms with E-state index in [-0.39, 0.29) is 0 Å². The second-order valence-electron chi connectivity index (χ2n) is 3.51. The number of allylic oxidation sites excluding steroid dienone is 1. The normalized spacial score (nSPS) is 37.7. The maximum Gasteiger partial charge on any atom is 0.0186 e. The molecule has 0 aromatic rings. The van der Waals surface area contributed by atoms with E-state index in [0.29, 0.717) is 0 Å². The summed E-state index contributed by atoms with van der Waals surface area (Å²) in [5.41, 5.74) is 1.66. The summed E-state index contributed by atoms with van der Waals surface area (Å²) in [7, 11) is 0. The van der Waals surface area contributed by atoms with Gasteiger partial charge >= 0.3 is 0 Å². The van der Waals surface area contributed by atoms with Crippen molar-refractivity contribution < 1.29 is 0 Å². The first kappa shape index (κ1) is 7.81. The molecule has 1 saturated heterocycles. The van der Waals surface area contributed by atoms with Crippen molar-refractivity contribution in [2.45, 2.75) is 24.1 Å². The van der Waals surface area contributed by atoms with Crippen LogP contribution in [0.15, 0.2) is 11.6 Å². The fourth-order valence-corrected chi connectivity index (χ4v) is 2.67. The SMILES string of the molecule is BrC1CC=C2CNCCC2C1. The molecule has 2 atom stereocenters. The van der Waals surface area contributed by atoms with E-state index in [1.54, 1.807) is 5.57 Å². The number of hydrogen-bond acceptors (Lipinski definition) is 1. The van der Waals surface area contributed by atoms with Gasteiger partial charge in [-0.1, -0.05) is 27.6 Å². The van der Waals surface area contributed by atoms with Gasteiger partial charge in [-0.2, -0.15) is 0 Å². The number of alkyl halides is 1. The van der Waals surface area contributed by atoms with Crippen molar-refractivity contribution in [2.24, 2.45) is 5.92 Å². The predicted molar refractivity (Wildman–Crippen MR) is 51.0 cm³/mol. The lowest BCUT2D eigenvalue weighted by molar-refractivity contribution is 0.421.